The molecule has 48 heavy (non-hydrogen) atoms. The summed E-state index contributed by atoms with van der Waals surface area (Å²) in [7, 11) is 5.64. The van der Waals surface area contributed by atoms with E-state index in [2.05, 4.69) is 34.0 Å². The van der Waals surface area contributed by atoms with E-state index in [1.54, 1.807) is 25.2 Å². The van der Waals surface area contributed by atoms with Crippen LogP contribution in [0.2, 0.25) is 0 Å². The summed E-state index contributed by atoms with van der Waals surface area (Å²) in [5, 5.41) is 26.6. The summed E-state index contributed by atoms with van der Waals surface area (Å²) in [6, 6.07) is 12.8. The Kier molecular flexibility index (Phi) is 11.3. The SMILES string of the molecule is Cc1cc(F)ccc1N(CC1CN(C)CCO1)C1CCC(N(C)c2c(C#N)c(=O)n(C)c3ccc(C#N)nc23)CC1.O=C(O)C(F)(F)F. The van der Waals surface area contributed by atoms with Gasteiger partial charge in [-0.05, 0) is 75.5 Å². The van der Waals surface area contributed by atoms with Gasteiger partial charge in [0.15, 0.2) is 0 Å². The Bertz CT molecular complexity index is 1790. The molecule has 1 aromatic carbocycles. The second-order valence-corrected chi connectivity index (χ2v) is 12.1. The first-order valence-electron chi connectivity index (χ1n) is 15.4. The minimum absolute atomic E-state index is 0.0364. The van der Waals surface area contributed by atoms with Crippen LogP contribution in [0.3, 0.4) is 0 Å². The van der Waals surface area contributed by atoms with Gasteiger partial charge in [-0.25, -0.2) is 14.2 Å². The van der Waals surface area contributed by atoms with Crippen LogP contribution in [0.15, 0.2) is 35.1 Å². The van der Waals surface area contributed by atoms with Gasteiger partial charge in [-0.15, -0.1) is 0 Å². The van der Waals surface area contributed by atoms with Crippen LogP contribution < -0.4 is 15.4 Å². The number of fused-ring (bicyclic) bond motifs is 1. The summed E-state index contributed by atoms with van der Waals surface area (Å²) in [5.74, 6) is -3.00. The highest BCUT2D eigenvalue weighted by molar-refractivity contribution is 5.92. The predicted molar refractivity (Wildman–Crippen MR) is 170 cm³/mol. The van der Waals surface area contributed by atoms with Crippen LogP contribution in [0, 0.1) is 35.4 Å². The molecule has 2 aliphatic rings. The van der Waals surface area contributed by atoms with Crippen molar-refractivity contribution < 1.29 is 32.2 Å². The summed E-state index contributed by atoms with van der Waals surface area (Å²) in [6.07, 6.45) is -1.58. The molecule has 256 valence electrons. The van der Waals surface area contributed by atoms with Crippen molar-refractivity contribution in [2.24, 2.45) is 7.05 Å². The highest BCUT2D eigenvalue weighted by Crippen LogP contribution is 2.36. The van der Waals surface area contributed by atoms with E-state index in [9.17, 15) is 32.9 Å². The normalized spacial score (nSPS) is 19.8. The molecule has 1 saturated carbocycles. The Morgan fingerprint density at radius 2 is 1.75 bits per heavy atom. The number of pyridine rings is 2. The molecule has 0 radical (unpaired) electrons. The Hall–Kier alpha value is -4.73. The zero-order chi connectivity index (χ0) is 35.3. The van der Waals surface area contributed by atoms with Crippen LogP contribution in [-0.4, -0.2) is 90.2 Å². The number of carboxylic acid groups (broad SMARTS) is 1. The lowest BCUT2D eigenvalue weighted by Gasteiger charge is -2.44. The van der Waals surface area contributed by atoms with Crippen LogP contribution in [0.25, 0.3) is 11.0 Å². The number of rotatable bonds is 6. The zero-order valence-corrected chi connectivity index (χ0v) is 27.1. The molecule has 1 aliphatic heterocycles. The number of aromatic nitrogens is 2. The smallest absolute Gasteiger partial charge is 0.475 e. The van der Waals surface area contributed by atoms with E-state index in [4.69, 9.17) is 14.6 Å². The molecule has 1 saturated heterocycles. The second-order valence-electron chi connectivity index (χ2n) is 12.1. The number of benzene rings is 1. The van der Waals surface area contributed by atoms with Gasteiger partial charge in [0, 0.05) is 51.5 Å². The largest absolute Gasteiger partial charge is 0.490 e. The summed E-state index contributed by atoms with van der Waals surface area (Å²) in [6.45, 7) is 5.13. The standard InChI is InChI=1S/C31H36FN7O2.C2HF3O2/c1-20-15-21(32)5-11-27(20)39(19-25-18-36(2)13-14-41-25)24-9-7-23(8-10-24)37(3)30-26(17-34)31(40)38(4)28-12-6-22(16-33)35-29(28)30;3-2(4,5)1(6)7/h5-6,11-12,15,23-25H,7-10,13-14,18-19H2,1-4H3;(H,6,7). The molecule has 2 fully saturated rings. The summed E-state index contributed by atoms with van der Waals surface area (Å²) >= 11 is 0. The fourth-order valence-electron chi connectivity index (χ4n) is 6.42. The molecular formula is C33H37F4N7O4. The lowest BCUT2D eigenvalue weighted by atomic mass is 9.88. The molecule has 15 heteroatoms. The molecule has 0 bridgehead atoms. The first-order chi connectivity index (χ1) is 22.7. The lowest BCUT2D eigenvalue weighted by molar-refractivity contribution is -0.192. The number of aryl methyl sites for hydroxylation is 2. The van der Waals surface area contributed by atoms with Gasteiger partial charge in [0.25, 0.3) is 5.56 Å². The molecule has 1 unspecified atom stereocenters. The molecule has 3 heterocycles. The number of ether oxygens (including phenoxy) is 1. The van der Waals surface area contributed by atoms with Gasteiger partial charge >= 0.3 is 12.1 Å². The molecule has 5 rings (SSSR count). The summed E-state index contributed by atoms with van der Waals surface area (Å²) in [5.41, 5.74) is 3.37. The first-order valence-corrected chi connectivity index (χ1v) is 15.4. The van der Waals surface area contributed by atoms with Gasteiger partial charge in [-0.1, -0.05) is 0 Å². The molecule has 1 N–H and O–H groups in total. The van der Waals surface area contributed by atoms with Gasteiger partial charge in [-0.3, -0.25) is 4.79 Å². The van der Waals surface area contributed by atoms with Crippen molar-refractivity contribution in [2.75, 3.05) is 50.1 Å². The van der Waals surface area contributed by atoms with Crippen molar-refractivity contribution in [3.05, 3.63) is 63.3 Å². The minimum Gasteiger partial charge on any atom is -0.475 e. The molecule has 0 spiro atoms. The molecule has 3 aromatic rings. The quantitative estimate of drug-likeness (QED) is 0.377. The van der Waals surface area contributed by atoms with Gasteiger partial charge in [-0.2, -0.15) is 23.7 Å². The average Bonchev–Trinajstić information content (AvgIpc) is 3.05. The number of halogens is 4. The minimum atomic E-state index is -5.08. The van der Waals surface area contributed by atoms with E-state index < -0.39 is 12.1 Å². The number of likely N-dealkylation sites (N-methyl/N-ethyl adjacent to an activating group) is 1. The van der Waals surface area contributed by atoms with Crippen LogP contribution in [0.5, 0.6) is 0 Å². The number of carbonyl (C=O) groups is 1. The van der Waals surface area contributed by atoms with E-state index in [0.717, 1.165) is 56.6 Å². The monoisotopic (exact) mass is 671 g/mol. The number of anilines is 2. The fourth-order valence-corrected chi connectivity index (χ4v) is 6.42. The maximum atomic E-state index is 14.0. The van der Waals surface area contributed by atoms with Crippen molar-refractivity contribution in [2.45, 2.75) is 57.0 Å². The van der Waals surface area contributed by atoms with Gasteiger partial charge in [0.05, 0.1) is 23.9 Å². The van der Waals surface area contributed by atoms with Crippen LogP contribution in [0.4, 0.5) is 28.9 Å². The van der Waals surface area contributed by atoms with Gasteiger partial charge < -0.3 is 29.1 Å². The number of aliphatic carboxylic acids is 1. The van der Waals surface area contributed by atoms with Crippen LogP contribution in [0.1, 0.15) is 42.5 Å². The van der Waals surface area contributed by atoms with E-state index in [-0.39, 0.29) is 40.8 Å². The van der Waals surface area contributed by atoms with Crippen LogP contribution >= 0.6 is 0 Å². The molecule has 0 amide bonds. The van der Waals surface area contributed by atoms with Crippen molar-refractivity contribution in [1.29, 1.82) is 10.5 Å². The van der Waals surface area contributed by atoms with E-state index in [0.29, 0.717) is 23.3 Å². The first kappa shape index (κ1) is 36.1. The fraction of sp³-hybridized carbons (Fsp3) is 0.485. The van der Waals surface area contributed by atoms with Gasteiger partial charge in [0.2, 0.25) is 0 Å². The average molecular weight is 672 g/mol. The topological polar surface area (TPSA) is 139 Å². The molecule has 1 aliphatic carbocycles. The number of alkyl halides is 3. The predicted octanol–water partition coefficient (Wildman–Crippen LogP) is 4.34. The number of hydrogen-bond acceptors (Lipinski definition) is 9. The van der Waals surface area contributed by atoms with Crippen molar-refractivity contribution >= 4 is 28.4 Å². The van der Waals surface area contributed by atoms with Crippen molar-refractivity contribution in [3.63, 3.8) is 0 Å². The number of hydrogen-bond donors (Lipinski definition) is 1. The second kappa shape index (κ2) is 15.0. The van der Waals surface area contributed by atoms with E-state index in [1.807, 2.05) is 24.9 Å². The molecular weight excluding hydrogens is 634 g/mol. The maximum Gasteiger partial charge on any atom is 0.490 e. The number of nitrogens with zero attached hydrogens (tertiary/aromatic N) is 7. The third kappa shape index (κ3) is 8.03. The Morgan fingerprint density at radius 3 is 2.31 bits per heavy atom. The summed E-state index contributed by atoms with van der Waals surface area (Å²) in [4.78, 5) is 33.2. The Morgan fingerprint density at radius 1 is 1.10 bits per heavy atom. The Balaban J connectivity index is 0.000000671. The zero-order valence-electron chi connectivity index (χ0n) is 27.1. The molecule has 1 atom stereocenters. The van der Waals surface area contributed by atoms with Gasteiger partial charge in [0.1, 0.15) is 34.7 Å². The lowest BCUT2D eigenvalue weighted by Crippen LogP contribution is -2.50. The van der Waals surface area contributed by atoms with E-state index >= 15 is 0 Å². The van der Waals surface area contributed by atoms with Crippen molar-refractivity contribution in [1.82, 2.24) is 14.5 Å². The Labute approximate surface area is 275 Å². The number of carboxylic acids is 1. The third-order valence-corrected chi connectivity index (χ3v) is 8.90. The highest BCUT2D eigenvalue weighted by Gasteiger charge is 2.38. The van der Waals surface area contributed by atoms with Crippen LogP contribution in [-0.2, 0) is 16.6 Å². The van der Waals surface area contributed by atoms with Crippen molar-refractivity contribution in [3.8, 4) is 12.1 Å². The third-order valence-electron chi connectivity index (χ3n) is 8.90. The number of nitriles is 2. The molecule has 2 aromatic heterocycles. The van der Waals surface area contributed by atoms with E-state index in [1.165, 1.54) is 10.6 Å². The highest BCUT2D eigenvalue weighted by atomic mass is 19.4. The summed E-state index contributed by atoms with van der Waals surface area (Å²) < 4.78 is 53.3. The number of morpholine rings is 1. The maximum absolute atomic E-state index is 14.0. The molecule has 11 nitrogen and oxygen atoms in total.